The van der Waals surface area contributed by atoms with Crippen LogP contribution in [0.3, 0.4) is 0 Å². The average Bonchev–Trinajstić information content (AvgIpc) is 2.50. The van der Waals surface area contributed by atoms with Gasteiger partial charge in [-0.15, -0.1) is 0 Å². The normalized spacial score (nSPS) is 10.1. The van der Waals surface area contributed by atoms with Gasteiger partial charge in [0.2, 0.25) is 0 Å². The van der Waals surface area contributed by atoms with Crippen LogP contribution in [0.5, 0.6) is 11.5 Å². The van der Waals surface area contributed by atoms with Crippen molar-refractivity contribution in [1.29, 1.82) is 5.26 Å². The van der Waals surface area contributed by atoms with E-state index in [4.69, 9.17) is 14.2 Å². The molecule has 0 aromatic heterocycles. The van der Waals surface area contributed by atoms with Crippen molar-refractivity contribution >= 4 is 18.0 Å². The Balaban J connectivity index is 3.07. The van der Waals surface area contributed by atoms with Crippen LogP contribution in [0.15, 0.2) is 17.1 Å². The number of hydrogen-bond acceptors (Lipinski definition) is 6. The van der Waals surface area contributed by atoms with Crippen LogP contribution in [0.1, 0.15) is 12.5 Å². The van der Waals surface area contributed by atoms with Crippen LogP contribution >= 0.6 is 0 Å². The number of nitrogens with zero attached hydrogens (tertiary/aromatic N) is 3. The molecule has 118 valence electrons. The van der Waals surface area contributed by atoms with Gasteiger partial charge in [-0.3, -0.25) is 0 Å². The van der Waals surface area contributed by atoms with E-state index < -0.39 is 5.97 Å². The van der Waals surface area contributed by atoms with Crippen molar-refractivity contribution in [2.24, 2.45) is 4.99 Å². The van der Waals surface area contributed by atoms with Gasteiger partial charge in [-0.2, -0.15) is 5.26 Å². The highest BCUT2D eigenvalue weighted by Crippen LogP contribution is 2.34. The minimum atomic E-state index is -0.479. The van der Waals surface area contributed by atoms with Crippen molar-refractivity contribution in [3.8, 4) is 17.6 Å². The Bertz CT molecular complexity index is 591. The van der Waals surface area contributed by atoms with Crippen molar-refractivity contribution in [3.05, 3.63) is 17.7 Å². The highest BCUT2D eigenvalue weighted by Gasteiger charge is 2.13. The lowest BCUT2D eigenvalue weighted by Gasteiger charge is -2.12. The fourth-order valence-electron chi connectivity index (χ4n) is 1.53. The van der Waals surface area contributed by atoms with Crippen LogP contribution in [0.4, 0.5) is 5.69 Å². The molecule has 1 rings (SSSR count). The van der Waals surface area contributed by atoms with E-state index >= 15 is 0 Å². The largest absolute Gasteiger partial charge is 0.493 e. The fraction of sp³-hybridized carbons (Fsp3) is 0.400. The van der Waals surface area contributed by atoms with Gasteiger partial charge in [0, 0.05) is 26.2 Å². The summed E-state index contributed by atoms with van der Waals surface area (Å²) in [6, 6.07) is 5.12. The Labute approximate surface area is 129 Å². The molecule has 0 aliphatic carbocycles. The second-order valence-electron chi connectivity index (χ2n) is 4.43. The summed E-state index contributed by atoms with van der Waals surface area (Å²) in [7, 11) is 5.09. The summed E-state index contributed by atoms with van der Waals surface area (Å²) in [6.45, 7) is 1.76. The molecule has 0 amide bonds. The Morgan fingerprint density at radius 1 is 1.41 bits per heavy atom. The standard InChI is InChI=1S/C15H19N3O4/c1-5-21-15(19)9-22-14-7-12(17-10-18(2)3)11(8-16)6-13(14)20-4/h6-7,10H,5,9H2,1-4H3/b17-10+. The van der Waals surface area contributed by atoms with Crippen LogP contribution in [-0.4, -0.2) is 51.6 Å². The summed E-state index contributed by atoms with van der Waals surface area (Å²) in [5.74, 6) is 0.192. The molecule has 0 aliphatic rings. The van der Waals surface area contributed by atoms with Crippen molar-refractivity contribution in [2.75, 3.05) is 34.4 Å². The van der Waals surface area contributed by atoms with Gasteiger partial charge < -0.3 is 19.1 Å². The first-order chi connectivity index (χ1) is 10.5. The number of aliphatic imine (C=N–C) groups is 1. The molecule has 0 heterocycles. The van der Waals surface area contributed by atoms with Gasteiger partial charge in [-0.1, -0.05) is 0 Å². The van der Waals surface area contributed by atoms with Crippen molar-refractivity contribution in [1.82, 2.24) is 4.90 Å². The molecule has 0 saturated heterocycles. The number of benzene rings is 1. The van der Waals surface area contributed by atoms with Gasteiger partial charge in [0.05, 0.1) is 31.3 Å². The first-order valence-corrected chi connectivity index (χ1v) is 6.63. The van der Waals surface area contributed by atoms with E-state index in [9.17, 15) is 10.1 Å². The molecule has 22 heavy (non-hydrogen) atoms. The number of carbonyl (C=O) groups is 1. The molecule has 0 radical (unpaired) electrons. The third kappa shape index (κ3) is 4.98. The second kappa shape index (κ2) is 8.52. The number of ether oxygens (including phenoxy) is 3. The SMILES string of the molecule is CCOC(=O)COc1cc(/N=C/N(C)C)c(C#N)cc1OC. The van der Waals surface area contributed by atoms with Crippen molar-refractivity contribution < 1.29 is 19.0 Å². The predicted molar refractivity (Wildman–Crippen MR) is 81.7 cm³/mol. The summed E-state index contributed by atoms with van der Waals surface area (Å²) in [6.07, 6.45) is 1.57. The first kappa shape index (κ1) is 17.3. The molecule has 7 nitrogen and oxygen atoms in total. The lowest BCUT2D eigenvalue weighted by atomic mass is 10.1. The van der Waals surface area contributed by atoms with Crippen molar-refractivity contribution in [2.45, 2.75) is 6.92 Å². The Kier molecular flexibility index (Phi) is 6.70. The summed E-state index contributed by atoms with van der Waals surface area (Å²) in [4.78, 5) is 17.3. The van der Waals surface area contributed by atoms with Gasteiger partial charge in [-0.05, 0) is 6.92 Å². The van der Waals surface area contributed by atoms with E-state index in [0.29, 0.717) is 22.7 Å². The van der Waals surface area contributed by atoms with E-state index in [-0.39, 0.29) is 13.2 Å². The van der Waals surface area contributed by atoms with Gasteiger partial charge in [0.25, 0.3) is 0 Å². The quantitative estimate of drug-likeness (QED) is 0.433. The fourth-order valence-corrected chi connectivity index (χ4v) is 1.53. The first-order valence-electron chi connectivity index (χ1n) is 6.63. The van der Waals surface area contributed by atoms with E-state index in [1.54, 1.807) is 24.2 Å². The van der Waals surface area contributed by atoms with Crippen LogP contribution in [0.2, 0.25) is 0 Å². The molecule has 0 atom stereocenters. The molecule has 0 fully saturated rings. The molecular weight excluding hydrogens is 286 g/mol. The van der Waals surface area contributed by atoms with Gasteiger partial charge in [0.15, 0.2) is 18.1 Å². The zero-order valence-corrected chi connectivity index (χ0v) is 13.1. The third-order valence-electron chi connectivity index (χ3n) is 2.48. The van der Waals surface area contributed by atoms with Gasteiger partial charge >= 0.3 is 5.97 Å². The maximum Gasteiger partial charge on any atom is 0.344 e. The van der Waals surface area contributed by atoms with Crippen LogP contribution in [-0.2, 0) is 9.53 Å². The molecule has 0 spiro atoms. The maximum atomic E-state index is 11.4. The molecule has 0 bridgehead atoms. The molecular formula is C15H19N3O4. The Hall–Kier alpha value is -2.75. The molecule has 1 aromatic rings. The van der Waals surface area contributed by atoms with Crippen molar-refractivity contribution in [3.63, 3.8) is 0 Å². The molecule has 0 aliphatic heterocycles. The van der Waals surface area contributed by atoms with E-state index in [1.165, 1.54) is 13.2 Å². The molecule has 0 unspecified atom stereocenters. The van der Waals surface area contributed by atoms with E-state index in [2.05, 4.69) is 4.99 Å². The topological polar surface area (TPSA) is 84.2 Å². The smallest absolute Gasteiger partial charge is 0.344 e. The Morgan fingerprint density at radius 3 is 2.68 bits per heavy atom. The van der Waals surface area contributed by atoms with Crippen LogP contribution in [0, 0.1) is 11.3 Å². The second-order valence-corrected chi connectivity index (χ2v) is 4.43. The number of rotatable bonds is 7. The third-order valence-corrected chi connectivity index (χ3v) is 2.48. The van der Waals surface area contributed by atoms with E-state index in [0.717, 1.165) is 0 Å². The minimum Gasteiger partial charge on any atom is -0.493 e. The maximum absolute atomic E-state index is 11.4. The van der Waals surface area contributed by atoms with E-state index in [1.807, 2.05) is 20.2 Å². The number of esters is 1. The highest BCUT2D eigenvalue weighted by molar-refractivity contribution is 5.72. The van der Waals surface area contributed by atoms with Crippen LogP contribution in [0.25, 0.3) is 0 Å². The molecule has 0 N–H and O–H groups in total. The lowest BCUT2D eigenvalue weighted by Crippen LogP contribution is -2.15. The number of carbonyl (C=O) groups excluding carboxylic acids is 1. The summed E-state index contributed by atoms with van der Waals surface area (Å²) < 4.78 is 15.4. The monoisotopic (exact) mass is 305 g/mol. The van der Waals surface area contributed by atoms with Gasteiger partial charge in [-0.25, -0.2) is 9.79 Å². The number of methoxy groups -OCH3 is 1. The Morgan fingerprint density at radius 2 is 2.14 bits per heavy atom. The number of hydrogen-bond donors (Lipinski definition) is 0. The zero-order valence-electron chi connectivity index (χ0n) is 13.1. The predicted octanol–water partition coefficient (Wildman–Crippen LogP) is 1.73. The molecule has 1 aromatic carbocycles. The summed E-state index contributed by atoms with van der Waals surface area (Å²) >= 11 is 0. The highest BCUT2D eigenvalue weighted by atomic mass is 16.6. The number of nitriles is 1. The molecule has 7 heteroatoms. The average molecular weight is 305 g/mol. The van der Waals surface area contributed by atoms with Crippen LogP contribution < -0.4 is 9.47 Å². The minimum absolute atomic E-state index is 0.243. The summed E-state index contributed by atoms with van der Waals surface area (Å²) in [5.41, 5.74) is 0.772. The van der Waals surface area contributed by atoms with Gasteiger partial charge in [0.1, 0.15) is 6.07 Å². The lowest BCUT2D eigenvalue weighted by molar-refractivity contribution is -0.145. The summed E-state index contributed by atoms with van der Waals surface area (Å²) in [5, 5.41) is 9.17. The molecule has 0 saturated carbocycles. The zero-order chi connectivity index (χ0) is 16.5.